The molecular formula is C12H20N4O3. The Labute approximate surface area is 111 Å². The average molecular weight is 268 g/mol. The highest BCUT2D eigenvalue weighted by molar-refractivity contribution is 5.88. The van der Waals surface area contributed by atoms with Gasteiger partial charge in [-0.25, -0.2) is 9.48 Å². The van der Waals surface area contributed by atoms with Crippen LogP contribution < -0.4 is 5.32 Å². The van der Waals surface area contributed by atoms with E-state index in [0.29, 0.717) is 13.0 Å². The van der Waals surface area contributed by atoms with Crippen LogP contribution in [0.2, 0.25) is 0 Å². The highest BCUT2D eigenvalue weighted by atomic mass is 16.5. The molecule has 1 aromatic rings. The van der Waals surface area contributed by atoms with Gasteiger partial charge in [0.25, 0.3) is 0 Å². The number of carbonyl (C=O) groups is 1. The van der Waals surface area contributed by atoms with E-state index in [1.165, 1.54) is 7.11 Å². The predicted molar refractivity (Wildman–Crippen MR) is 67.6 cm³/mol. The first kappa shape index (κ1) is 14.0. The molecule has 1 aliphatic heterocycles. The van der Waals surface area contributed by atoms with Crippen LogP contribution >= 0.6 is 0 Å². The predicted octanol–water partition coefficient (Wildman–Crippen LogP) is 0.260. The van der Waals surface area contributed by atoms with Crippen LogP contribution in [0.15, 0.2) is 0 Å². The van der Waals surface area contributed by atoms with E-state index in [2.05, 4.69) is 15.6 Å². The number of nitrogens with one attached hydrogen (secondary N) is 1. The number of esters is 1. The van der Waals surface area contributed by atoms with E-state index in [9.17, 15) is 9.90 Å². The maximum atomic E-state index is 11.7. The van der Waals surface area contributed by atoms with Crippen LogP contribution in [0.3, 0.4) is 0 Å². The highest BCUT2D eigenvalue weighted by Crippen LogP contribution is 2.25. The zero-order valence-corrected chi connectivity index (χ0v) is 11.3. The van der Waals surface area contributed by atoms with Crippen molar-refractivity contribution in [1.82, 2.24) is 20.3 Å². The van der Waals surface area contributed by atoms with Crippen LogP contribution in [-0.2, 0) is 11.3 Å². The second kappa shape index (κ2) is 6.12. The van der Waals surface area contributed by atoms with Gasteiger partial charge < -0.3 is 15.2 Å². The molecule has 7 heteroatoms. The van der Waals surface area contributed by atoms with Crippen LogP contribution in [0.1, 0.15) is 48.4 Å². The second-order valence-electron chi connectivity index (χ2n) is 4.82. The van der Waals surface area contributed by atoms with E-state index in [4.69, 9.17) is 4.74 Å². The molecule has 2 unspecified atom stereocenters. The van der Waals surface area contributed by atoms with Gasteiger partial charge in [-0.2, -0.15) is 0 Å². The van der Waals surface area contributed by atoms with Crippen LogP contribution in [-0.4, -0.2) is 45.8 Å². The Bertz CT molecular complexity index is 438. The molecule has 0 radical (unpaired) electrons. The molecule has 0 saturated carbocycles. The summed E-state index contributed by atoms with van der Waals surface area (Å²) in [5, 5.41) is 20.6. The zero-order chi connectivity index (χ0) is 13.8. The van der Waals surface area contributed by atoms with Crippen molar-refractivity contribution in [1.29, 1.82) is 0 Å². The summed E-state index contributed by atoms with van der Waals surface area (Å²) < 4.78 is 6.44. The number of hydrogen-bond donors (Lipinski definition) is 2. The van der Waals surface area contributed by atoms with E-state index < -0.39 is 12.1 Å². The molecule has 1 aliphatic rings. The molecule has 0 bridgehead atoms. The maximum Gasteiger partial charge on any atom is 0.360 e. The van der Waals surface area contributed by atoms with Crippen molar-refractivity contribution in [2.45, 2.75) is 44.9 Å². The zero-order valence-electron chi connectivity index (χ0n) is 11.3. The normalized spacial score (nSPS) is 20.5. The van der Waals surface area contributed by atoms with Gasteiger partial charge in [-0.15, -0.1) is 5.10 Å². The lowest BCUT2D eigenvalue weighted by Gasteiger charge is -2.14. The first-order valence-corrected chi connectivity index (χ1v) is 6.56. The minimum Gasteiger partial charge on any atom is -0.464 e. The number of methoxy groups -OCH3 is 1. The molecule has 0 aliphatic carbocycles. The molecule has 2 rings (SSSR count). The first-order chi connectivity index (χ1) is 9.13. The summed E-state index contributed by atoms with van der Waals surface area (Å²) in [5.41, 5.74) is 1.04. The number of ether oxygens (including phenoxy) is 1. The van der Waals surface area contributed by atoms with Gasteiger partial charge in [0.05, 0.1) is 24.9 Å². The average Bonchev–Trinajstić information content (AvgIpc) is 3.03. The van der Waals surface area contributed by atoms with Crippen molar-refractivity contribution in [3.63, 3.8) is 0 Å². The molecule has 2 N–H and O–H groups in total. The SMILES string of the molecule is COC(=O)c1nnn(CCC(C)O)c1C1CCCN1. The van der Waals surface area contributed by atoms with Gasteiger partial charge in [0, 0.05) is 6.54 Å². The largest absolute Gasteiger partial charge is 0.464 e. The molecular weight excluding hydrogens is 248 g/mol. The Morgan fingerprint density at radius 2 is 2.47 bits per heavy atom. The quantitative estimate of drug-likeness (QED) is 0.745. The Hall–Kier alpha value is -1.47. The summed E-state index contributed by atoms with van der Waals surface area (Å²) in [6.07, 6.45) is 2.18. The van der Waals surface area contributed by atoms with Crippen molar-refractivity contribution in [2.75, 3.05) is 13.7 Å². The molecule has 0 spiro atoms. The van der Waals surface area contributed by atoms with Crippen LogP contribution in [0.4, 0.5) is 0 Å². The standard InChI is InChI=1S/C12H20N4O3/c1-8(17)5-7-16-11(9-4-3-6-13-9)10(14-15-16)12(18)19-2/h8-9,13,17H,3-7H2,1-2H3. The Kier molecular flexibility index (Phi) is 4.49. The lowest BCUT2D eigenvalue weighted by Crippen LogP contribution is -2.21. The Morgan fingerprint density at radius 1 is 1.68 bits per heavy atom. The number of aliphatic hydroxyl groups excluding tert-OH is 1. The minimum absolute atomic E-state index is 0.0816. The molecule has 1 fully saturated rings. The summed E-state index contributed by atoms with van der Waals surface area (Å²) in [4.78, 5) is 11.7. The number of aliphatic hydroxyl groups is 1. The van der Waals surface area contributed by atoms with Gasteiger partial charge in [-0.1, -0.05) is 5.21 Å². The van der Waals surface area contributed by atoms with Crippen molar-refractivity contribution in [3.05, 3.63) is 11.4 Å². The molecule has 106 valence electrons. The third kappa shape index (κ3) is 3.10. The van der Waals surface area contributed by atoms with Gasteiger partial charge in [0.15, 0.2) is 5.69 Å². The topological polar surface area (TPSA) is 89.3 Å². The molecule has 1 aromatic heterocycles. The summed E-state index contributed by atoms with van der Waals surface area (Å²) >= 11 is 0. The van der Waals surface area contributed by atoms with Crippen molar-refractivity contribution in [2.24, 2.45) is 0 Å². The summed E-state index contributed by atoms with van der Waals surface area (Å²) in [7, 11) is 1.34. The minimum atomic E-state index is -0.466. The lowest BCUT2D eigenvalue weighted by molar-refractivity contribution is 0.0591. The number of rotatable bonds is 5. The fourth-order valence-electron chi connectivity index (χ4n) is 2.30. The van der Waals surface area contributed by atoms with Crippen LogP contribution in [0.5, 0.6) is 0 Å². The van der Waals surface area contributed by atoms with E-state index in [-0.39, 0.29) is 11.7 Å². The second-order valence-corrected chi connectivity index (χ2v) is 4.82. The monoisotopic (exact) mass is 268 g/mol. The summed E-state index contributed by atoms with van der Waals surface area (Å²) in [6.45, 7) is 3.19. The molecule has 19 heavy (non-hydrogen) atoms. The molecule has 0 amide bonds. The molecule has 0 aromatic carbocycles. The maximum absolute atomic E-state index is 11.7. The molecule has 1 saturated heterocycles. The molecule has 2 heterocycles. The fourth-order valence-corrected chi connectivity index (χ4v) is 2.30. The van der Waals surface area contributed by atoms with Gasteiger partial charge in [-0.3, -0.25) is 0 Å². The Balaban J connectivity index is 2.26. The molecule has 2 atom stereocenters. The third-order valence-electron chi connectivity index (χ3n) is 3.30. The number of aryl methyl sites for hydroxylation is 1. The van der Waals surface area contributed by atoms with Crippen LogP contribution in [0.25, 0.3) is 0 Å². The number of aromatic nitrogens is 3. The van der Waals surface area contributed by atoms with Gasteiger partial charge in [0.1, 0.15) is 0 Å². The summed E-state index contributed by atoms with van der Waals surface area (Å²) in [6, 6.07) is 0.0816. The Morgan fingerprint density at radius 3 is 3.05 bits per heavy atom. The third-order valence-corrected chi connectivity index (χ3v) is 3.30. The van der Waals surface area contributed by atoms with E-state index in [0.717, 1.165) is 25.1 Å². The van der Waals surface area contributed by atoms with Crippen LogP contribution in [0, 0.1) is 0 Å². The number of carbonyl (C=O) groups excluding carboxylic acids is 1. The first-order valence-electron chi connectivity index (χ1n) is 6.56. The summed E-state index contributed by atoms with van der Waals surface area (Å²) in [5.74, 6) is -0.466. The van der Waals surface area contributed by atoms with E-state index in [1.54, 1.807) is 11.6 Å². The van der Waals surface area contributed by atoms with Crippen molar-refractivity contribution in [3.8, 4) is 0 Å². The highest BCUT2D eigenvalue weighted by Gasteiger charge is 2.29. The lowest BCUT2D eigenvalue weighted by atomic mass is 10.1. The van der Waals surface area contributed by atoms with Gasteiger partial charge in [-0.05, 0) is 32.7 Å². The van der Waals surface area contributed by atoms with E-state index in [1.807, 2.05) is 0 Å². The van der Waals surface area contributed by atoms with Crippen molar-refractivity contribution < 1.29 is 14.6 Å². The molecule has 7 nitrogen and oxygen atoms in total. The van der Waals surface area contributed by atoms with E-state index >= 15 is 0 Å². The van der Waals surface area contributed by atoms with Gasteiger partial charge in [0.2, 0.25) is 0 Å². The number of hydrogen-bond acceptors (Lipinski definition) is 6. The smallest absolute Gasteiger partial charge is 0.360 e. The van der Waals surface area contributed by atoms with Crippen molar-refractivity contribution >= 4 is 5.97 Å². The fraction of sp³-hybridized carbons (Fsp3) is 0.750. The van der Waals surface area contributed by atoms with Gasteiger partial charge >= 0.3 is 5.97 Å². The number of nitrogens with zero attached hydrogens (tertiary/aromatic N) is 3.